The third-order valence-corrected chi connectivity index (χ3v) is 1.17. The highest BCUT2D eigenvalue weighted by Crippen LogP contribution is 1.98. The normalized spacial score (nSPS) is 10.8. The first kappa shape index (κ1) is 10.0. The van der Waals surface area contributed by atoms with Crippen LogP contribution in [0.5, 0.6) is 0 Å². The number of hydrogen-bond donors (Lipinski definition) is 2. The molecule has 0 saturated carbocycles. The summed E-state index contributed by atoms with van der Waals surface area (Å²) in [6.45, 7) is 8.64. The van der Waals surface area contributed by atoms with Crippen LogP contribution in [0.25, 0.3) is 0 Å². The molecule has 0 fully saturated rings. The molecule has 0 unspecified atom stereocenters. The Bertz CT molecular complexity index is 196. The monoisotopic (exact) mass is 156 g/mol. The van der Waals surface area contributed by atoms with Crippen LogP contribution in [0, 0.1) is 0 Å². The van der Waals surface area contributed by atoms with E-state index in [2.05, 4.69) is 13.2 Å². The van der Waals surface area contributed by atoms with Crippen LogP contribution in [-0.4, -0.2) is 17.2 Å². The lowest BCUT2D eigenvalue weighted by Gasteiger charge is -2.21. The van der Waals surface area contributed by atoms with E-state index in [9.17, 15) is 4.79 Å². The van der Waals surface area contributed by atoms with Crippen molar-refractivity contribution in [2.24, 2.45) is 11.7 Å². The molecule has 4 heteroatoms. The van der Waals surface area contributed by atoms with Crippen LogP contribution in [0.3, 0.4) is 0 Å². The summed E-state index contributed by atoms with van der Waals surface area (Å²) in [6, 6.07) is 0. The van der Waals surface area contributed by atoms with Gasteiger partial charge in [0.05, 0.1) is 5.57 Å². The summed E-state index contributed by atoms with van der Waals surface area (Å²) in [7, 11) is 0. The molecule has 0 aromatic rings. The highest BCUT2D eigenvalue weighted by molar-refractivity contribution is 5.86. The van der Waals surface area contributed by atoms with Gasteiger partial charge in [0.1, 0.15) is 6.54 Å². The summed E-state index contributed by atoms with van der Waals surface area (Å²) in [4.78, 5) is 11.1. The highest BCUT2D eigenvalue weighted by atomic mass is 16.2. The second-order valence-electron chi connectivity index (χ2n) is 2.49. The SMILES string of the molecule is C=CC[N+](N)(N)C(=O)C(=C)C. The van der Waals surface area contributed by atoms with Crippen LogP contribution in [0.1, 0.15) is 6.92 Å². The van der Waals surface area contributed by atoms with Crippen molar-refractivity contribution >= 4 is 5.91 Å². The van der Waals surface area contributed by atoms with Crippen molar-refractivity contribution in [2.45, 2.75) is 6.92 Å². The van der Waals surface area contributed by atoms with Crippen LogP contribution in [0.4, 0.5) is 0 Å². The molecule has 0 aliphatic rings. The lowest BCUT2D eigenvalue weighted by molar-refractivity contribution is -0.870. The van der Waals surface area contributed by atoms with E-state index < -0.39 is 4.70 Å². The average Bonchev–Trinajstić information content (AvgIpc) is 1.86. The van der Waals surface area contributed by atoms with Gasteiger partial charge in [-0.15, -0.1) is 4.70 Å². The van der Waals surface area contributed by atoms with Gasteiger partial charge >= 0.3 is 5.91 Å². The quantitative estimate of drug-likeness (QED) is 0.149. The molecular formula is C7H14N3O+. The first-order valence-corrected chi connectivity index (χ1v) is 3.18. The molecule has 4 N–H and O–H groups in total. The van der Waals surface area contributed by atoms with Crippen LogP contribution >= 0.6 is 0 Å². The lowest BCUT2D eigenvalue weighted by Crippen LogP contribution is -2.64. The number of rotatable bonds is 3. The van der Waals surface area contributed by atoms with Gasteiger partial charge in [-0.1, -0.05) is 13.2 Å². The Balaban J connectivity index is 4.41. The fourth-order valence-electron chi connectivity index (χ4n) is 0.652. The van der Waals surface area contributed by atoms with Crippen LogP contribution < -0.4 is 11.7 Å². The lowest BCUT2D eigenvalue weighted by atomic mass is 10.3. The minimum absolute atomic E-state index is 0.200. The minimum Gasteiger partial charge on any atom is -0.222 e. The predicted molar refractivity (Wildman–Crippen MR) is 43.5 cm³/mol. The molecule has 0 spiro atoms. The smallest absolute Gasteiger partial charge is 0.222 e. The van der Waals surface area contributed by atoms with Gasteiger partial charge < -0.3 is 0 Å². The minimum atomic E-state index is -0.696. The van der Waals surface area contributed by atoms with Gasteiger partial charge in [0, 0.05) is 0 Å². The van der Waals surface area contributed by atoms with Crippen molar-refractivity contribution in [3.63, 3.8) is 0 Å². The first-order chi connectivity index (χ1) is 4.91. The Kier molecular flexibility index (Phi) is 3.13. The first-order valence-electron chi connectivity index (χ1n) is 3.18. The summed E-state index contributed by atoms with van der Waals surface area (Å²) in [5, 5.41) is 0. The fourth-order valence-corrected chi connectivity index (χ4v) is 0.652. The molecule has 4 nitrogen and oxygen atoms in total. The van der Waals surface area contributed by atoms with E-state index in [-0.39, 0.29) is 12.5 Å². The molecule has 0 aromatic carbocycles. The van der Waals surface area contributed by atoms with Gasteiger partial charge in [0.15, 0.2) is 0 Å². The number of amides is 1. The Hall–Kier alpha value is -0.970. The number of nitrogens with two attached hydrogens (primary N) is 2. The molecule has 0 aromatic heterocycles. The van der Waals surface area contributed by atoms with Gasteiger partial charge in [-0.2, -0.15) is 11.7 Å². The second kappa shape index (κ2) is 3.43. The molecule has 1 amide bonds. The zero-order valence-corrected chi connectivity index (χ0v) is 6.71. The van der Waals surface area contributed by atoms with Crippen LogP contribution in [-0.2, 0) is 4.79 Å². The van der Waals surface area contributed by atoms with E-state index in [1.165, 1.54) is 6.08 Å². The maximum atomic E-state index is 11.1. The van der Waals surface area contributed by atoms with E-state index in [0.29, 0.717) is 5.57 Å². The maximum Gasteiger partial charge on any atom is 0.379 e. The zero-order chi connectivity index (χ0) is 9.07. The van der Waals surface area contributed by atoms with Crippen molar-refractivity contribution in [1.82, 2.24) is 0 Å². The van der Waals surface area contributed by atoms with Gasteiger partial charge in [-0.05, 0) is 13.0 Å². The fraction of sp³-hybridized carbons (Fsp3) is 0.286. The van der Waals surface area contributed by atoms with Crippen molar-refractivity contribution < 1.29 is 9.50 Å². The zero-order valence-electron chi connectivity index (χ0n) is 6.71. The standard InChI is InChI=1S/C7H14N3O/c1-4-5-10(8,9)7(11)6(2)3/h4H,1-2,5,8-9H2,3H3/q+1. The Morgan fingerprint density at radius 2 is 2.09 bits per heavy atom. The van der Waals surface area contributed by atoms with Crippen LogP contribution in [0.15, 0.2) is 24.8 Å². The maximum absolute atomic E-state index is 11.1. The van der Waals surface area contributed by atoms with Gasteiger partial charge in [-0.25, -0.2) is 4.79 Å². The molecule has 0 atom stereocenters. The van der Waals surface area contributed by atoms with E-state index in [4.69, 9.17) is 11.7 Å². The third kappa shape index (κ3) is 2.63. The summed E-state index contributed by atoms with van der Waals surface area (Å²) in [6.07, 6.45) is 1.49. The number of quaternary nitrogens is 1. The molecule has 0 radical (unpaired) electrons. The molecule has 0 rings (SSSR count). The van der Waals surface area contributed by atoms with Crippen molar-refractivity contribution in [1.29, 1.82) is 0 Å². The van der Waals surface area contributed by atoms with Crippen LogP contribution in [0.2, 0.25) is 0 Å². The summed E-state index contributed by atoms with van der Waals surface area (Å²) in [5.74, 6) is 10.4. The molecule has 11 heavy (non-hydrogen) atoms. The second-order valence-corrected chi connectivity index (χ2v) is 2.49. The van der Waals surface area contributed by atoms with E-state index >= 15 is 0 Å². The van der Waals surface area contributed by atoms with Crippen molar-refractivity contribution in [3.05, 3.63) is 24.8 Å². The summed E-state index contributed by atoms with van der Waals surface area (Å²) < 4.78 is -0.696. The van der Waals surface area contributed by atoms with Gasteiger partial charge in [0.2, 0.25) is 0 Å². The molecular weight excluding hydrogens is 142 g/mol. The number of hydrogen-bond acceptors (Lipinski definition) is 3. The number of carbonyl (C=O) groups excluding carboxylic acids is 1. The summed E-state index contributed by atoms with van der Waals surface area (Å²) in [5.41, 5.74) is 0.344. The summed E-state index contributed by atoms with van der Waals surface area (Å²) >= 11 is 0. The van der Waals surface area contributed by atoms with Crippen molar-refractivity contribution in [3.8, 4) is 0 Å². The Labute approximate surface area is 66.3 Å². The average molecular weight is 156 g/mol. The Morgan fingerprint density at radius 1 is 1.64 bits per heavy atom. The van der Waals surface area contributed by atoms with E-state index in [0.717, 1.165) is 0 Å². The molecule has 0 saturated heterocycles. The van der Waals surface area contributed by atoms with E-state index in [1.54, 1.807) is 6.92 Å². The molecule has 0 aliphatic carbocycles. The molecule has 0 heterocycles. The number of nitrogens with zero attached hydrogens (tertiary/aromatic N) is 1. The van der Waals surface area contributed by atoms with E-state index in [1.807, 2.05) is 0 Å². The topological polar surface area (TPSA) is 69.1 Å². The Morgan fingerprint density at radius 3 is 2.36 bits per heavy atom. The molecule has 62 valence electrons. The van der Waals surface area contributed by atoms with Gasteiger partial charge in [-0.3, -0.25) is 0 Å². The molecule has 0 aliphatic heterocycles. The largest absolute Gasteiger partial charge is 0.379 e. The molecule has 0 bridgehead atoms. The van der Waals surface area contributed by atoms with Gasteiger partial charge in [0.25, 0.3) is 0 Å². The van der Waals surface area contributed by atoms with Crippen molar-refractivity contribution in [2.75, 3.05) is 6.54 Å². The third-order valence-electron chi connectivity index (χ3n) is 1.17. The number of carbonyl (C=O) groups is 1. The highest BCUT2D eigenvalue weighted by Gasteiger charge is 2.28. The predicted octanol–water partition coefficient (Wildman–Crippen LogP) is -0.161.